The fraction of sp³-hybridized carbons (Fsp3) is 0.316. The monoisotopic (exact) mass is 408 g/mol. The number of hydrogen-bond acceptors (Lipinski definition) is 4. The molecule has 8 heteroatoms. The van der Waals surface area contributed by atoms with Crippen LogP contribution < -0.4 is 10.1 Å². The number of fused-ring (bicyclic) bond motifs is 1. The minimum absolute atomic E-state index is 0.0767. The van der Waals surface area contributed by atoms with Crippen LogP contribution in [0.15, 0.2) is 36.4 Å². The maximum Gasteiger partial charge on any atom is 0.259 e. The van der Waals surface area contributed by atoms with Gasteiger partial charge in [0.05, 0.1) is 18.4 Å². The van der Waals surface area contributed by atoms with E-state index in [0.717, 1.165) is 11.1 Å². The van der Waals surface area contributed by atoms with Crippen LogP contribution in [0.5, 0.6) is 5.75 Å². The quantitative estimate of drug-likeness (QED) is 0.823. The summed E-state index contributed by atoms with van der Waals surface area (Å²) in [7, 11) is -1.75. The van der Waals surface area contributed by atoms with E-state index >= 15 is 0 Å². The number of nitrogens with one attached hydrogen (secondary N) is 1. The van der Waals surface area contributed by atoms with E-state index in [1.165, 1.54) is 11.4 Å². The number of halogens is 1. The predicted octanol–water partition coefficient (Wildman–Crippen LogP) is 3.31. The summed E-state index contributed by atoms with van der Waals surface area (Å²) in [4.78, 5) is 12.6. The molecule has 1 aliphatic heterocycles. The van der Waals surface area contributed by atoms with Gasteiger partial charge in [0.2, 0.25) is 10.0 Å². The third kappa shape index (κ3) is 4.26. The number of carbonyl (C=O) groups is 1. The van der Waals surface area contributed by atoms with Crippen molar-refractivity contribution in [1.29, 1.82) is 0 Å². The zero-order valence-corrected chi connectivity index (χ0v) is 16.7. The first kappa shape index (κ1) is 19.7. The fourth-order valence-electron chi connectivity index (χ4n) is 3.09. The number of sulfonamides is 1. The average molecular weight is 409 g/mol. The molecule has 144 valence electrons. The van der Waals surface area contributed by atoms with Crippen molar-refractivity contribution in [2.75, 3.05) is 24.7 Å². The summed E-state index contributed by atoms with van der Waals surface area (Å²) in [5, 5.41) is 3.27. The lowest BCUT2D eigenvalue weighted by molar-refractivity contribution is 0.102. The van der Waals surface area contributed by atoms with Crippen LogP contribution in [0.25, 0.3) is 0 Å². The first-order valence-corrected chi connectivity index (χ1v) is 10.6. The van der Waals surface area contributed by atoms with Gasteiger partial charge in [-0.2, -0.15) is 4.31 Å². The Morgan fingerprint density at radius 2 is 2.00 bits per heavy atom. The number of hydrogen-bond donors (Lipinski definition) is 1. The Labute approximate surface area is 164 Å². The number of benzene rings is 2. The van der Waals surface area contributed by atoms with Gasteiger partial charge in [-0.25, -0.2) is 8.42 Å². The molecule has 0 bridgehead atoms. The van der Waals surface area contributed by atoms with Crippen molar-refractivity contribution in [3.05, 3.63) is 58.1 Å². The third-order valence-electron chi connectivity index (χ3n) is 4.61. The standard InChI is InChI=1S/C19H21ClN2O4S/c1-3-27(24,25)22-9-8-13-4-6-16(10-14(13)12-22)21-19(23)17-11-15(20)5-7-18(17)26-2/h4-7,10-11H,3,8-9,12H2,1-2H3,(H,21,23). The highest BCUT2D eigenvalue weighted by atomic mass is 35.5. The molecule has 0 radical (unpaired) electrons. The average Bonchev–Trinajstić information content (AvgIpc) is 2.67. The van der Waals surface area contributed by atoms with Gasteiger partial charge in [-0.1, -0.05) is 17.7 Å². The molecule has 2 aromatic carbocycles. The molecule has 0 atom stereocenters. The maximum atomic E-state index is 12.6. The third-order valence-corrected chi connectivity index (χ3v) is 6.67. The molecule has 0 aromatic heterocycles. The van der Waals surface area contributed by atoms with Crippen molar-refractivity contribution in [2.24, 2.45) is 0 Å². The summed E-state index contributed by atoms with van der Waals surface area (Å²) >= 11 is 5.99. The summed E-state index contributed by atoms with van der Waals surface area (Å²) in [6.45, 7) is 2.43. The van der Waals surface area contributed by atoms with Gasteiger partial charge < -0.3 is 10.1 Å². The molecule has 0 unspecified atom stereocenters. The molecule has 1 N–H and O–H groups in total. The predicted molar refractivity (Wildman–Crippen MR) is 106 cm³/mol. The molecule has 1 aliphatic rings. The topological polar surface area (TPSA) is 75.7 Å². The van der Waals surface area contributed by atoms with Gasteiger partial charge in [0.1, 0.15) is 5.75 Å². The molecule has 1 heterocycles. The second-order valence-corrected chi connectivity index (χ2v) is 8.96. The molecular weight excluding hydrogens is 388 g/mol. The molecule has 6 nitrogen and oxygen atoms in total. The van der Waals surface area contributed by atoms with Crippen LogP contribution in [0.2, 0.25) is 5.02 Å². The molecule has 0 saturated carbocycles. The van der Waals surface area contributed by atoms with E-state index < -0.39 is 10.0 Å². The molecule has 0 fully saturated rings. The number of methoxy groups -OCH3 is 1. The smallest absolute Gasteiger partial charge is 0.259 e. The number of rotatable bonds is 5. The lowest BCUT2D eigenvalue weighted by atomic mass is 10.0. The van der Waals surface area contributed by atoms with E-state index in [1.54, 1.807) is 25.1 Å². The van der Waals surface area contributed by atoms with Gasteiger partial charge in [0, 0.05) is 23.8 Å². The summed E-state index contributed by atoms with van der Waals surface area (Å²) in [5.74, 6) is 0.158. The van der Waals surface area contributed by atoms with E-state index in [1.807, 2.05) is 18.2 Å². The van der Waals surface area contributed by atoms with Gasteiger partial charge in [0.25, 0.3) is 5.91 Å². The lowest BCUT2D eigenvalue weighted by Gasteiger charge is -2.28. The van der Waals surface area contributed by atoms with Crippen molar-refractivity contribution in [2.45, 2.75) is 19.9 Å². The Kier molecular flexibility index (Phi) is 5.74. The number of anilines is 1. The van der Waals surface area contributed by atoms with Crippen LogP contribution in [-0.4, -0.2) is 38.0 Å². The summed E-state index contributed by atoms with van der Waals surface area (Å²) in [5.41, 5.74) is 2.92. The van der Waals surface area contributed by atoms with Gasteiger partial charge in [-0.3, -0.25) is 4.79 Å². The highest BCUT2D eigenvalue weighted by Gasteiger charge is 2.25. The molecular formula is C19H21ClN2O4S. The van der Waals surface area contributed by atoms with Crippen LogP contribution in [-0.2, 0) is 23.0 Å². The molecule has 0 spiro atoms. The SMILES string of the molecule is CCS(=O)(=O)N1CCc2ccc(NC(=O)c3cc(Cl)ccc3OC)cc2C1. The first-order valence-electron chi connectivity index (χ1n) is 8.58. The summed E-state index contributed by atoms with van der Waals surface area (Å²) < 4.78 is 31.0. The Balaban J connectivity index is 1.83. The summed E-state index contributed by atoms with van der Waals surface area (Å²) in [6.07, 6.45) is 0.658. The Morgan fingerprint density at radius 3 is 2.70 bits per heavy atom. The molecule has 3 rings (SSSR count). The van der Waals surface area contributed by atoms with Crippen LogP contribution >= 0.6 is 11.6 Å². The Morgan fingerprint density at radius 1 is 1.22 bits per heavy atom. The van der Waals surface area contributed by atoms with Crippen LogP contribution in [0.3, 0.4) is 0 Å². The molecule has 0 saturated heterocycles. The lowest BCUT2D eigenvalue weighted by Crippen LogP contribution is -2.36. The van der Waals surface area contributed by atoms with Gasteiger partial charge >= 0.3 is 0 Å². The molecule has 2 aromatic rings. The summed E-state index contributed by atoms with van der Waals surface area (Å²) in [6, 6.07) is 10.4. The van der Waals surface area contributed by atoms with Crippen LogP contribution in [0, 0.1) is 0 Å². The van der Waals surface area contributed by atoms with Crippen molar-refractivity contribution >= 4 is 33.2 Å². The first-order chi connectivity index (χ1) is 12.8. The van der Waals surface area contributed by atoms with E-state index in [9.17, 15) is 13.2 Å². The van der Waals surface area contributed by atoms with Gasteiger partial charge in [-0.05, 0) is 54.8 Å². The maximum absolute atomic E-state index is 12.6. The number of carbonyl (C=O) groups excluding carboxylic acids is 1. The van der Waals surface area contributed by atoms with E-state index in [0.29, 0.717) is 41.5 Å². The Hall–Kier alpha value is -2.09. The molecule has 0 aliphatic carbocycles. The normalized spacial score (nSPS) is 14.5. The number of nitrogens with zero attached hydrogens (tertiary/aromatic N) is 1. The number of amides is 1. The van der Waals surface area contributed by atoms with E-state index in [4.69, 9.17) is 16.3 Å². The Bertz CT molecular complexity index is 976. The van der Waals surface area contributed by atoms with Crippen molar-refractivity contribution in [3.8, 4) is 5.75 Å². The largest absolute Gasteiger partial charge is 0.496 e. The number of ether oxygens (including phenoxy) is 1. The highest BCUT2D eigenvalue weighted by Crippen LogP contribution is 2.27. The van der Waals surface area contributed by atoms with Crippen LogP contribution in [0.1, 0.15) is 28.4 Å². The fourth-order valence-corrected chi connectivity index (χ4v) is 4.33. The zero-order valence-electron chi connectivity index (χ0n) is 15.2. The second-order valence-electron chi connectivity index (χ2n) is 6.27. The zero-order chi connectivity index (χ0) is 19.6. The van der Waals surface area contributed by atoms with E-state index in [2.05, 4.69) is 5.32 Å². The second kappa shape index (κ2) is 7.88. The van der Waals surface area contributed by atoms with Crippen molar-refractivity contribution in [3.63, 3.8) is 0 Å². The van der Waals surface area contributed by atoms with E-state index in [-0.39, 0.29) is 11.7 Å². The van der Waals surface area contributed by atoms with Gasteiger partial charge in [0.15, 0.2) is 0 Å². The molecule has 1 amide bonds. The minimum atomic E-state index is -3.24. The van der Waals surface area contributed by atoms with Gasteiger partial charge in [-0.15, -0.1) is 0 Å². The minimum Gasteiger partial charge on any atom is -0.496 e. The molecule has 27 heavy (non-hydrogen) atoms. The van der Waals surface area contributed by atoms with Crippen molar-refractivity contribution in [1.82, 2.24) is 4.31 Å². The van der Waals surface area contributed by atoms with Crippen LogP contribution in [0.4, 0.5) is 5.69 Å². The van der Waals surface area contributed by atoms with Crippen molar-refractivity contribution < 1.29 is 17.9 Å². The highest BCUT2D eigenvalue weighted by molar-refractivity contribution is 7.89.